The molecule has 1 atom stereocenters. The fourth-order valence-electron chi connectivity index (χ4n) is 3.13. The summed E-state index contributed by atoms with van der Waals surface area (Å²) in [4.78, 5) is 4.61. The van der Waals surface area contributed by atoms with Crippen molar-refractivity contribution in [3.8, 4) is 0 Å². The monoisotopic (exact) mass is 373 g/mol. The molecule has 1 saturated carbocycles. The molecule has 0 aliphatic heterocycles. The lowest BCUT2D eigenvalue weighted by atomic mass is 9.96. The highest BCUT2D eigenvalue weighted by molar-refractivity contribution is 5.79. The molecular formula is C21H25F2N3O. The Morgan fingerprint density at radius 2 is 1.93 bits per heavy atom. The van der Waals surface area contributed by atoms with E-state index in [2.05, 4.69) is 15.6 Å². The van der Waals surface area contributed by atoms with Crippen LogP contribution in [0.3, 0.4) is 0 Å². The maximum absolute atomic E-state index is 13.8. The van der Waals surface area contributed by atoms with Crippen LogP contribution in [0.1, 0.15) is 37.0 Å². The molecule has 2 aromatic carbocycles. The van der Waals surface area contributed by atoms with Crippen molar-refractivity contribution < 1.29 is 13.9 Å². The molecule has 0 bridgehead atoms. The zero-order chi connectivity index (χ0) is 19.3. The predicted molar refractivity (Wildman–Crippen MR) is 103 cm³/mol. The second-order valence-electron chi connectivity index (χ2n) is 6.90. The number of hydrogen-bond donors (Lipinski definition) is 3. The molecule has 4 nitrogen and oxygen atoms in total. The largest absolute Gasteiger partial charge is 0.386 e. The number of aliphatic hydroxyl groups excluding tert-OH is 1. The summed E-state index contributed by atoms with van der Waals surface area (Å²) in [6, 6.07) is 12.9. The first-order chi connectivity index (χ1) is 13.0. The second kappa shape index (κ2) is 8.48. The number of hydrogen-bond acceptors (Lipinski definition) is 2. The van der Waals surface area contributed by atoms with E-state index in [-0.39, 0.29) is 23.3 Å². The van der Waals surface area contributed by atoms with Crippen LogP contribution in [0, 0.1) is 11.6 Å². The maximum atomic E-state index is 13.8. The summed E-state index contributed by atoms with van der Waals surface area (Å²) in [7, 11) is 0. The molecule has 144 valence electrons. The van der Waals surface area contributed by atoms with Crippen molar-refractivity contribution in [1.82, 2.24) is 10.6 Å². The van der Waals surface area contributed by atoms with Gasteiger partial charge in [-0.15, -0.1) is 0 Å². The van der Waals surface area contributed by atoms with E-state index in [9.17, 15) is 13.9 Å². The van der Waals surface area contributed by atoms with Gasteiger partial charge in [0, 0.05) is 24.1 Å². The van der Waals surface area contributed by atoms with Crippen LogP contribution in [0.5, 0.6) is 0 Å². The van der Waals surface area contributed by atoms with Crippen LogP contribution in [0.4, 0.5) is 8.78 Å². The van der Waals surface area contributed by atoms with E-state index in [1.165, 1.54) is 12.1 Å². The lowest BCUT2D eigenvalue weighted by Crippen LogP contribution is -2.40. The Bertz CT molecular complexity index is 806. The summed E-state index contributed by atoms with van der Waals surface area (Å²) in [5.41, 5.74) is 1.10. The molecular weight excluding hydrogens is 348 g/mol. The van der Waals surface area contributed by atoms with Crippen LogP contribution in [0.2, 0.25) is 0 Å². The molecule has 3 N–H and O–H groups in total. The van der Waals surface area contributed by atoms with Crippen LogP contribution in [0.25, 0.3) is 0 Å². The number of aliphatic hydroxyl groups is 1. The number of rotatable bonds is 7. The number of halogens is 2. The van der Waals surface area contributed by atoms with Crippen molar-refractivity contribution in [2.24, 2.45) is 4.99 Å². The molecule has 1 unspecified atom stereocenters. The molecule has 1 aliphatic carbocycles. The van der Waals surface area contributed by atoms with Gasteiger partial charge in [0.2, 0.25) is 0 Å². The Labute approximate surface area is 158 Å². The topological polar surface area (TPSA) is 56.7 Å². The van der Waals surface area contributed by atoms with Gasteiger partial charge in [0.25, 0.3) is 0 Å². The first-order valence-electron chi connectivity index (χ1n) is 9.25. The number of aliphatic imine (C=N–C) groups is 1. The van der Waals surface area contributed by atoms with E-state index in [0.29, 0.717) is 19.0 Å². The lowest BCUT2D eigenvalue weighted by Gasteiger charge is -2.18. The van der Waals surface area contributed by atoms with Crippen LogP contribution >= 0.6 is 0 Å². The van der Waals surface area contributed by atoms with E-state index >= 15 is 0 Å². The summed E-state index contributed by atoms with van der Waals surface area (Å²) in [5, 5.41) is 16.4. The third kappa shape index (κ3) is 4.83. The standard InChI is InChI=1S/C21H25F2N3O/c1-2-24-20(25-13-19(27)17-8-3-4-9-18(17)23)26-14-21(10-11-21)15-6-5-7-16(22)12-15/h3-9,12,19,27H,2,10-11,13-14H2,1H3,(H2,24,25,26). The van der Waals surface area contributed by atoms with Crippen molar-refractivity contribution in [3.05, 3.63) is 71.3 Å². The smallest absolute Gasteiger partial charge is 0.191 e. The summed E-state index contributed by atoms with van der Waals surface area (Å²) < 4.78 is 27.3. The van der Waals surface area contributed by atoms with E-state index in [4.69, 9.17) is 0 Å². The average molecular weight is 373 g/mol. The molecule has 0 aromatic heterocycles. The quantitative estimate of drug-likeness (QED) is 0.516. The minimum absolute atomic E-state index is 0.116. The molecule has 1 aliphatic rings. The van der Waals surface area contributed by atoms with E-state index in [0.717, 1.165) is 18.4 Å². The van der Waals surface area contributed by atoms with Gasteiger partial charge in [-0.25, -0.2) is 8.78 Å². The van der Waals surface area contributed by atoms with Gasteiger partial charge in [0.1, 0.15) is 11.6 Å². The number of nitrogens with zero attached hydrogens (tertiary/aromatic N) is 1. The third-order valence-electron chi connectivity index (χ3n) is 4.90. The zero-order valence-corrected chi connectivity index (χ0v) is 15.4. The first kappa shape index (κ1) is 19.3. The molecule has 6 heteroatoms. The van der Waals surface area contributed by atoms with Gasteiger partial charge in [-0.05, 0) is 43.5 Å². The normalized spacial score (nSPS) is 16.7. The van der Waals surface area contributed by atoms with Gasteiger partial charge in [0.15, 0.2) is 5.96 Å². The number of nitrogens with one attached hydrogen (secondary N) is 2. The minimum atomic E-state index is -0.979. The van der Waals surface area contributed by atoms with E-state index in [1.807, 2.05) is 13.0 Å². The van der Waals surface area contributed by atoms with Crippen LogP contribution in [-0.2, 0) is 5.41 Å². The Kier molecular flexibility index (Phi) is 6.06. The van der Waals surface area contributed by atoms with Gasteiger partial charge < -0.3 is 15.7 Å². The van der Waals surface area contributed by atoms with Gasteiger partial charge in [-0.1, -0.05) is 30.3 Å². The molecule has 1 fully saturated rings. The van der Waals surface area contributed by atoms with Gasteiger partial charge >= 0.3 is 0 Å². The van der Waals surface area contributed by atoms with Gasteiger partial charge in [-0.3, -0.25) is 4.99 Å². The SMILES string of the molecule is CCNC(=NCC1(c2cccc(F)c2)CC1)NCC(O)c1ccccc1F. The summed E-state index contributed by atoms with van der Waals surface area (Å²) in [6.45, 7) is 3.28. The number of guanidine groups is 1. The fraction of sp³-hybridized carbons (Fsp3) is 0.381. The molecule has 0 radical (unpaired) electrons. The highest BCUT2D eigenvalue weighted by atomic mass is 19.1. The van der Waals surface area contributed by atoms with Crippen LogP contribution in [-0.4, -0.2) is 30.7 Å². The third-order valence-corrected chi connectivity index (χ3v) is 4.90. The predicted octanol–water partition coefficient (Wildman–Crippen LogP) is 3.29. The van der Waals surface area contributed by atoms with Crippen LogP contribution < -0.4 is 10.6 Å². The highest BCUT2D eigenvalue weighted by Crippen LogP contribution is 2.48. The summed E-state index contributed by atoms with van der Waals surface area (Å²) in [6.07, 6.45) is 0.960. The van der Waals surface area contributed by atoms with Crippen molar-refractivity contribution in [1.29, 1.82) is 0 Å². The van der Waals surface area contributed by atoms with Gasteiger partial charge in [0.05, 0.1) is 12.6 Å². The van der Waals surface area contributed by atoms with E-state index in [1.54, 1.807) is 30.3 Å². The van der Waals surface area contributed by atoms with Crippen molar-refractivity contribution >= 4 is 5.96 Å². The first-order valence-corrected chi connectivity index (χ1v) is 9.25. The minimum Gasteiger partial charge on any atom is -0.386 e. The van der Waals surface area contributed by atoms with Gasteiger partial charge in [-0.2, -0.15) is 0 Å². The zero-order valence-electron chi connectivity index (χ0n) is 15.4. The van der Waals surface area contributed by atoms with Crippen molar-refractivity contribution in [3.63, 3.8) is 0 Å². The molecule has 0 saturated heterocycles. The molecule has 0 spiro atoms. The molecule has 0 amide bonds. The van der Waals surface area contributed by atoms with E-state index < -0.39 is 11.9 Å². The number of benzene rings is 2. The average Bonchev–Trinajstić information content (AvgIpc) is 3.45. The van der Waals surface area contributed by atoms with Crippen molar-refractivity contribution in [2.75, 3.05) is 19.6 Å². The van der Waals surface area contributed by atoms with Crippen LogP contribution in [0.15, 0.2) is 53.5 Å². The molecule has 2 aromatic rings. The Morgan fingerprint density at radius 1 is 1.15 bits per heavy atom. The Morgan fingerprint density at radius 3 is 2.59 bits per heavy atom. The Balaban J connectivity index is 1.64. The molecule has 27 heavy (non-hydrogen) atoms. The molecule has 0 heterocycles. The van der Waals surface area contributed by atoms with Crippen molar-refractivity contribution in [2.45, 2.75) is 31.3 Å². The highest BCUT2D eigenvalue weighted by Gasteiger charge is 2.44. The summed E-state index contributed by atoms with van der Waals surface area (Å²) >= 11 is 0. The molecule has 3 rings (SSSR count). The fourth-order valence-corrected chi connectivity index (χ4v) is 3.13. The second-order valence-corrected chi connectivity index (χ2v) is 6.90. The lowest BCUT2D eigenvalue weighted by molar-refractivity contribution is 0.176. The summed E-state index contributed by atoms with van der Waals surface area (Å²) in [5.74, 6) is -0.117. The Hall–Kier alpha value is -2.47. The maximum Gasteiger partial charge on any atom is 0.191 e.